The molecule has 0 radical (unpaired) electrons. The topological polar surface area (TPSA) is 107 Å². The fourth-order valence-electron chi connectivity index (χ4n) is 2.50. The number of carboxylic acids is 1. The molecule has 2 amide bonds. The number of benzene rings is 1. The van der Waals surface area contributed by atoms with Gasteiger partial charge in [0.1, 0.15) is 0 Å². The molecule has 1 aliphatic heterocycles. The van der Waals surface area contributed by atoms with Crippen molar-refractivity contribution in [3.05, 3.63) is 24.3 Å². The summed E-state index contributed by atoms with van der Waals surface area (Å²) in [6.45, 7) is 4.13. The zero-order valence-corrected chi connectivity index (χ0v) is 15.3. The number of carboxylic acid groups (broad SMARTS) is 1. The number of aliphatic carboxylic acids is 1. The van der Waals surface area contributed by atoms with Crippen LogP contribution in [0.25, 0.3) is 0 Å². The van der Waals surface area contributed by atoms with Crippen LogP contribution in [-0.2, 0) is 14.8 Å². The van der Waals surface area contributed by atoms with Gasteiger partial charge < -0.3 is 15.3 Å². The maximum Gasteiger partial charge on any atom is 0.321 e. The molecule has 0 saturated carbocycles. The van der Waals surface area contributed by atoms with Crippen LogP contribution in [-0.4, -0.2) is 60.9 Å². The minimum atomic E-state index is -3.57. The van der Waals surface area contributed by atoms with Crippen LogP contribution in [0.2, 0.25) is 0 Å². The monoisotopic (exact) mass is 369 g/mol. The van der Waals surface area contributed by atoms with Gasteiger partial charge in [-0.05, 0) is 44.5 Å². The van der Waals surface area contributed by atoms with Crippen molar-refractivity contribution < 1.29 is 23.1 Å². The van der Waals surface area contributed by atoms with Crippen molar-refractivity contribution >= 4 is 27.7 Å². The first kappa shape index (κ1) is 19.2. The highest BCUT2D eigenvalue weighted by Gasteiger charge is 2.31. The first-order valence-corrected chi connectivity index (χ1v) is 9.43. The maximum atomic E-state index is 12.4. The molecule has 1 fully saturated rings. The first-order valence-electron chi connectivity index (χ1n) is 7.99. The molecule has 25 heavy (non-hydrogen) atoms. The van der Waals surface area contributed by atoms with E-state index in [-0.39, 0.29) is 17.5 Å². The van der Waals surface area contributed by atoms with E-state index in [4.69, 9.17) is 5.11 Å². The number of sulfonamides is 1. The highest BCUT2D eigenvalue weighted by atomic mass is 32.2. The fourth-order valence-corrected chi connectivity index (χ4v) is 3.87. The standard InChI is InChI=1S/C16H23N3O5S/c1-11(2)18(3)25(23,24)14-6-4-13(5-7-14)17-16(22)19-9-8-12(10-19)15(20)21/h4-7,11-12H,8-10H2,1-3H3,(H,17,22)(H,20,21). The molecule has 2 rings (SSSR count). The predicted octanol–water partition coefficient (Wildman–Crippen LogP) is 1.65. The number of anilines is 1. The minimum absolute atomic E-state index is 0.147. The number of amides is 2. The zero-order chi connectivity index (χ0) is 18.8. The van der Waals surface area contributed by atoms with Gasteiger partial charge >= 0.3 is 12.0 Å². The van der Waals surface area contributed by atoms with Crippen molar-refractivity contribution in [1.29, 1.82) is 0 Å². The summed E-state index contributed by atoms with van der Waals surface area (Å²) in [5.41, 5.74) is 0.454. The van der Waals surface area contributed by atoms with Crippen molar-refractivity contribution in [2.45, 2.75) is 31.2 Å². The number of hydrogen-bond donors (Lipinski definition) is 2. The van der Waals surface area contributed by atoms with Crippen LogP contribution in [0.5, 0.6) is 0 Å². The molecule has 1 heterocycles. The van der Waals surface area contributed by atoms with E-state index < -0.39 is 27.9 Å². The van der Waals surface area contributed by atoms with Gasteiger partial charge in [-0.1, -0.05) is 0 Å². The van der Waals surface area contributed by atoms with Crippen LogP contribution in [0.15, 0.2) is 29.2 Å². The van der Waals surface area contributed by atoms with Crippen molar-refractivity contribution in [2.24, 2.45) is 5.92 Å². The number of nitrogens with zero attached hydrogens (tertiary/aromatic N) is 2. The number of urea groups is 1. The fraction of sp³-hybridized carbons (Fsp3) is 0.500. The second kappa shape index (κ2) is 7.40. The van der Waals surface area contributed by atoms with Crippen molar-refractivity contribution in [3.8, 4) is 0 Å². The largest absolute Gasteiger partial charge is 0.481 e. The van der Waals surface area contributed by atoms with Crippen LogP contribution in [0.1, 0.15) is 20.3 Å². The van der Waals surface area contributed by atoms with Crippen LogP contribution in [0, 0.1) is 5.92 Å². The Kier molecular flexibility index (Phi) is 5.69. The molecule has 1 aromatic carbocycles. The van der Waals surface area contributed by atoms with E-state index in [0.29, 0.717) is 18.7 Å². The average molecular weight is 369 g/mol. The van der Waals surface area contributed by atoms with E-state index in [9.17, 15) is 18.0 Å². The number of rotatable bonds is 5. The van der Waals surface area contributed by atoms with Gasteiger partial charge in [0.2, 0.25) is 10.0 Å². The molecule has 0 bridgehead atoms. The van der Waals surface area contributed by atoms with Gasteiger partial charge in [0.15, 0.2) is 0 Å². The average Bonchev–Trinajstić information content (AvgIpc) is 3.05. The van der Waals surface area contributed by atoms with Gasteiger partial charge in [0.05, 0.1) is 10.8 Å². The van der Waals surface area contributed by atoms with Gasteiger partial charge in [-0.15, -0.1) is 0 Å². The molecule has 1 unspecified atom stereocenters. The molecule has 1 aliphatic rings. The number of hydrogen-bond acceptors (Lipinski definition) is 4. The van der Waals surface area contributed by atoms with Crippen molar-refractivity contribution in [2.75, 3.05) is 25.5 Å². The third-order valence-electron chi connectivity index (χ3n) is 4.33. The second-order valence-corrected chi connectivity index (χ2v) is 8.34. The van der Waals surface area contributed by atoms with E-state index in [1.54, 1.807) is 13.8 Å². The highest BCUT2D eigenvalue weighted by molar-refractivity contribution is 7.89. The Bertz CT molecular complexity index is 746. The van der Waals surface area contributed by atoms with E-state index in [2.05, 4.69) is 5.32 Å². The molecule has 1 saturated heterocycles. The van der Waals surface area contributed by atoms with Gasteiger partial charge in [-0.3, -0.25) is 4.79 Å². The van der Waals surface area contributed by atoms with Crippen molar-refractivity contribution in [3.63, 3.8) is 0 Å². The van der Waals surface area contributed by atoms with Crippen LogP contribution in [0.4, 0.5) is 10.5 Å². The molecule has 0 aromatic heterocycles. The number of carbonyl (C=O) groups excluding carboxylic acids is 1. The Hall–Kier alpha value is -2.13. The van der Waals surface area contributed by atoms with Crippen LogP contribution < -0.4 is 5.32 Å². The van der Waals surface area contributed by atoms with E-state index in [0.717, 1.165) is 0 Å². The summed E-state index contributed by atoms with van der Waals surface area (Å²) < 4.78 is 26.1. The lowest BCUT2D eigenvalue weighted by atomic mass is 10.1. The lowest BCUT2D eigenvalue weighted by molar-refractivity contribution is -0.141. The molecule has 2 N–H and O–H groups in total. The molecule has 1 atom stereocenters. The molecule has 1 aromatic rings. The number of carbonyl (C=O) groups is 2. The highest BCUT2D eigenvalue weighted by Crippen LogP contribution is 2.21. The molecule has 138 valence electrons. The summed E-state index contributed by atoms with van der Waals surface area (Å²) in [6.07, 6.45) is 0.432. The lowest BCUT2D eigenvalue weighted by Crippen LogP contribution is -2.34. The zero-order valence-electron chi connectivity index (χ0n) is 14.5. The summed E-state index contributed by atoms with van der Waals surface area (Å²) >= 11 is 0. The Labute approximate surface area is 147 Å². The quantitative estimate of drug-likeness (QED) is 0.821. The molecule has 0 aliphatic carbocycles. The molecule has 8 nitrogen and oxygen atoms in total. The third-order valence-corrected chi connectivity index (χ3v) is 6.38. The normalized spacial score (nSPS) is 18.0. The maximum absolute atomic E-state index is 12.4. The summed E-state index contributed by atoms with van der Waals surface area (Å²) in [5, 5.41) is 11.6. The summed E-state index contributed by atoms with van der Waals surface area (Å²) in [6, 6.07) is 5.36. The predicted molar refractivity (Wildman–Crippen MR) is 92.9 cm³/mol. The van der Waals surface area contributed by atoms with E-state index in [1.807, 2.05) is 0 Å². The first-order chi connectivity index (χ1) is 11.6. The van der Waals surface area contributed by atoms with Gasteiger partial charge in [0.25, 0.3) is 0 Å². The summed E-state index contributed by atoms with van der Waals surface area (Å²) in [5.74, 6) is -1.44. The third kappa shape index (κ3) is 4.29. The number of likely N-dealkylation sites (tertiary alicyclic amines) is 1. The van der Waals surface area contributed by atoms with Gasteiger partial charge in [0, 0.05) is 31.9 Å². The van der Waals surface area contributed by atoms with E-state index in [1.165, 1.54) is 40.5 Å². The van der Waals surface area contributed by atoms with Crippen LogP contribution >= 0.6 is 0 Å². The smallest absolute Gasteiger partial charge is 0.321 e. The Balaban J connectivity index is 2.04. The van der Waals surface area contributed by atoms with Crippen LogP contribution in [0.3, 0.4) is 0 Å². The number of nitrogens with one attached hydrogen (secondary N) is 1. The Morgan fingerprint density at radius 2 is 1.88 bits per heavy atom. The summed E-state index contributed by atoms with van der Waals surface area (Å²) in [7, 11) is -2.06. The Morgan fingerprint density at radius 1 is 1.28 bits per heavy atom. The van der Waals surface area contributed by atoms with Crippen molar-refractivity contribution in [1.82, 2.24) is 9.21 Å². The Morgan fingerprint density at radius 3 is 2.36 bits per heavy atom. The van der Waals surface area contributed by atoms with Gasteiger partial charge in [-0.25, -0.2) is 13.2 Å². The SMILES string of the molecule is CC(C)N(C)S(=O)(=O)c1ccc(NC(=O)N2CCC(C(=O)O)C2)cc1. The molecule has 9 heteroatoms. The second-order valence-electron chi connectivity index (χ2n) is 6.34. The molecular weight excluding hydrogens is 346 g/mol. The summed E-state index contributed by atoms with van der Waals surface area (Å²) in [4.78, 5) is 24.7. The lowest BCUT2D eigenvalue weighted by Gasteiger charge is -2.21. The van der Waals surface area contributed by atoms with Gasteiger partial charge in [-0.2, -0.15) is 4.31 Å². The molecular formula is C16H23N3O5S. The van der Waals surface area contributed by atoms with E-state index >= 15 is 0 Å². The minimum Gasteiger partial charge on any atom is -0.481 e. The molecule has 0 spiro atoms.